The van der Waals surface area contributed by atoms with Crippen LogP contribution >= 0.6 is 0 Å². The third-order valence-corrected chi connectivity index (χ3v) is 3.24. The SMILES string of the molecule is CN=C(NCCc1ccc(OCC(C)C)cc1)NC(C)COC. The Bertz CT molecular complexity index is 458. The van der Waals surface area contributed by atoms with Crippen molar-refractivity contribution in [2.45, 2.75) is 33.2 Å². The van der Waals surface area contributed by atoms with Gasteiger partial charge in [0.25, 0.3) is 0 Å². The topological polar surface area (TPSA) is 54.9 Å². The molecule has 1 atom stereocenters. The Kier molecular flexibility index (Phi) is 9.14. The van der Waals surface area contributed by atoms with Gasteiger partial charge in [0.05, 0.1) is 13.2 Å². The molecular weight excluding hydrogens is 290 g/mol. The maximum atomic E-state index is 5.69. The molecule has 5 heteroatoms. The molecule has 0 radical (unpaired) electrons. The molecule has 0 spiro atoms. The van der Waals surface area contributed by atoms with Gasteiger partial charge in [-0.2, -0.15) is 0 Å². The van der Waals surface area contributed by atoms with Crippen molar-refractivity contribution < 1.29 is 9.47 Å². The molecule has 5 nitrogen and oxygen atoms in total. The van der Waals surface area contributed by atoms with Gasteiger partial charge in [-0.05, 0) is 37.0 Å². The van der Waals surface area contributed by atoms with E-state index in [1.165, 1.54) is 5.56 Å². The number of hydrogen-bond acceptors (Lipinski definition) is 3. The summed E-state index contributed by atoms with van der Waals surface area (Å²) in [7, 11) is 3.47. The van der Waals surface area contributed by atoms with Crippen LogP contribution in [0.1, 0.15) is 26.3 Å². The maximum absolute atomic E-state index is 5.69. The van der Waals surface area contributed by atoms with E-state index in [1.807, 2.05) is 12.1 Å². The third kappa shape index (κ3) is 8.45. The van der Waals surface area contributed by atoms with Crippen LogP contribution in [-0.2, 0) is 11.2 Å². The zero-order chi connectivity index (χ0) is 17.1. The van der Waals surface area contributed by atoms with Gasteiger partial charge < -0.3 is 20.1 Å². The Hall–Kier alpha value is -1.75. The van der Waals surface area contributed by atoms with Crippen LogP contribution < -0.4 is 15.4 Å². The molecule has 0 aliphatic carbocycles. The molecule has 0 aliphatic heterocycles. The fourth-order valence-electron chi connectivity index (χ4n) is 2.06. The van der Waals surface area contributed by atoms with Crippen LogP contribution in [0.25, 0.3) is 0 Å². The lowest BCUT2D eigenvalue weighted by molar-refractivity contribution is 0.179. The highest BCUT2D eigenvalue weighted by molar-refractivity contribution is 5.79. The van der Waals surface area contributed by atoms with E-state index in [4.69, 9.17) is 9.47 Å². The van der Waals surface area contributed by atoms with Crippen LogP contribution in [0.4, 0.5) is 0 Å². The van der Waals surface area contributed by atoms with Gasteiger partial charge in [-0.25, -0.2) is 0 Å². The van der Waals surface area contributed by atoms with Crippen LogP contribution in [0.3, 0.4) is 0 Å². The Balaban J connectivity index is 2.34. The number of ether oxygens (including phenoxy) is 2. The minimum atomic E-state index is 0.226. The number of nitrogens with one attached hydrogen (secondary N) is 2. The first-order valence-corrected chi connectivity index (χ1v) is 8.23. The van der Waals surface area contributed by atoms with Gasteiger partial charge >= 0.3 is 0 Å². The number of hydrogen-bond donors (Lipinski definition) is 2. The number of rotatable bonds is 9. The monoisotopic (exact) mass is 321 g/mol. The Morgan fingerprint density at radius 3 is 2.39 bits per heavy atom. The minimum Gasteiger partial charge on any atom is -0.493 e. The van der Waals surface area contributed by atoms with Gasteiger partial charge in [0.1, 0.15) is 5.75 Å². The van der Waals surface area contributed by atoms with Crippen molar-refractivity contribution in [1.82, 2.24) is 10.6 Å². The van der Waals surface area contributed by atoms with Gasteiger partial charge in [-0.1, -0.05) is 26.0 Å². The van der Waals surface area contributed by atoms with E-state index in [0.717, 1.165) is 31.3 Å². The summed E-state index contributed by atoms with van der Waals surface area (Å²) in [6, 6.07) is 8.52. The Morgan fingerprint density at radius 1 is 1.13 bits per heavy atom. The fourth-order valence-corrected chi connectivity index (χ4v) is 2.06. The molecule has 2 N–H and O–H groups in total. The predicted octanol–water partition coefficient (Wildman–Crippen LogP) is 2.46. The lowest BCUT2D eigenvalue weighted by Crippen LogP contribution is -2.44. The van der Waals surface area contributed by atoms with E-state index in [1.54, 1.807) is 14.2 Å². The van der Waals surface area contributed by atoms with Crippen LogP contribution in [0.2, 0.25) is 0 Å². The second kappa shape index (κ2) is 10.9. The predicted molar refractivity (Wildman–Crippen MR) is 96.3 cm³/mol. The third-order valence-electron chi connectivity index (χ3n) is 3.24. The average molecular weight is 321 g/mol. The summed E-state index contributed by atoms with van der Waals surface area (Å²) in [6.07, 6.45) is 0.934. The standard InChI is InChI=1S/C18H31N3O2/c1-14(2)12-23-17-8-6-16(7-9-17)10-11-20-18(19-4)21-15(3)13-22-5/h6-9,14-15H,10-13H2,1-5H3,(H2,19,20,21). The van der Waals surface area contributed by atoms with E-state index in [2.05, 4.69) is 48.5 Å². The van der Waals surface area contributed by atoms with E-state index in [-0.39, 0.29) is 6.04 Å². The molecule has 1 unspecified atom stereocenters. The summed E-state index contributed by atoms with van der Waals surface area (Å²) in [4.78, 5) is 4.22. The van der Waals surface area contributed by atoms with Crippen molar-refractivity contribution in [2.75, 3.05) is 33.9 Å². The van der Waals surface area contributed by atoms with Gasteiger partial charge in [-0.15, -0.1) is 0 Å². The first kappa shape index (κ1) is 19.3. The van der Waals surface area contributed by atoms with E-state index < -0.39 is 0 Å². The highest BCUT2D eigenvalue weighted by atomic mass is 16.5. The van der Waals surface area contributed by atoms with Gasteiger partial charge in [0.15, 0.2) is 5.96 Å². The molecule has 1 rings (SSSR count). The molecule has 0 saturated heterocycles. The van der Waals surface area contributed by atoms with Gasteiger partial charge in [0, 0.05) is 26.7 Å². The number of guanidine groups is 1. The zero-order valence-electron chi connectivity index (χ0n) is 15.1. The zero-order valence-corrected chi connectivity index (χ0v) is 15.1. The Morgan fingerprint density at radius 2 is 1.83 bits per heavy atom. The maximum Gasteiger partial charge on any atom is 0.191 e. The summed E-state index contributed by atoms with van der Waals surface area (Å²) < 4.78 is 10.8. The number of methoxy groups -OCH3 is 1. The summed E-state index contributed by atoms with van der Waals surface area (Å²) in [5.41, 5.74) is 1.27. The molecule has 0 aromatic heterocycles. The van der Waals surface area contributed by atoms with Crippen molar-refractivity contribution >= 4 is 5.96 Å². The molecule has 130 valence electrons. The first-order chi connectivity index (χ1) is 11.0. The van der Waals surface area contributed by atoms with Crippen molar-refractivity contribution in [3.05, 3.63) is 29.8 Å². The fraction of sp³-hybridized carbons (Fsp3) is 0.611. The molecule has 23 heavy (non-hydrogen) atoms. The molecule has 1 aromatic rings. The lowest BCUT2D eigenvalue weighted by atomic mass is 10.1. The summed E-state index contributed by atoms with van der Waals surface area (Å²) in [5, 5.41) is 6.60. The molecule has 0 fully saturated rings. The minimum absolute atomic E-state index is 0.226. The molecule has 0 bridgehead atoms. The lowest BCUT2D eigenvalue weighted by Gasteiger charge is -2.17. The first-order valence-electron chi connectivity index (χ1n) is 8.23. The van der Waals surface area contributed by atoms with Crippen molar-refractivity contribution in [3.63, 3.8) is 0 Å². The van der Waals surface area contributed by atoms with E-state index in [9.17, 15) is 0 Å². The largest absolute Gasteiger partial charge is 0.493 e. The van der Waals surface area contributed by atoms with Gasteiger partial charge in [0.2, 0.25) is 0 Å². The van der Waals surface area contributed by atoms with Crippen molar-refractivity contribution in [2.24, 2.45) is 10.9 Å². The van der Waals surface area contributed by atoms with Crippen molar-refractivity contribution in [3.8, 4) is 5.75 Å². The quantitative estimate of drug-likeness (QED) is 0.542. The second-order valence-corrected chi connectivity index (χ2v) is 6.10. The Labute approximate surface area is 140 Å². The molecule has 1 aromatic carbocycles. The number of nitrogens with zero attached hydrogens (tertiary/aromatic N) is 1. The smallest absolute Gasteiger partial charge is 0.191 e. The van der Waals surface area contributed by atoms with Crippen LogP contribution in [0, 0.1) is 5.92 Å². The van der Waals surface area contributed by atoms with Crippen molar-refractivity contribution in [1.29, 1.82) is 0 Å². The highest BCUT2D eigenvalue weighted by Crippen LogP contribution is 2.13. The molecule has 0 heterocycles. The molecule has 0 amide bonds. The van der Waals surface area contributed by atoms with Gasteiger partial charge in [-0.3, -0.25) is 4.99 Å². The summed E-state index contributed by atoms with van der Waals surface area (Å²) in [5.74, 6) is 2.27. The number of aliphatic imine (C=N–C) groups is 1. The van der Waals surface area contributed by atoms with Crippen LogP contribution in [-0.4, -0.2) is 45.9 Å². The van der Waals surface area contributed by atoms with E-state index >= 15 is 0 Å². The highest BCUT2D eigenvalue weighted by Gasteiger charge is 2.04. The summed E-state index contributed by atoms with van der Waals surface area (Å²) >= 11 is 0. The van der Waals surface area contributed by atoms with E-state index in [0.29, 0.717) is 12.5 Å². The average Bonchev–Trinajstić information content (AvgIpc) is 2.53. The second-order valence-electron chi connectivity index (χ2n) is 6.10. The molecule has 0 aliphatic rings. The molecular formula is C18H31N3O2. The van der Waals surface area contributed by atoms with Crippen LogP contribution in [0.5, 0.6) is 5.75 Å². The van der Waals surface area contributed by atoms with Crippen LogP contribution in [0.15, 0.2) is 29.3 Å². The molecule has 0 saturated carbocycles. The normalized spacial score (nSPS) is 13.0. The summed E-state index contributed by atoms with van der Waals surface area (Å²) in [6.45, 7) is 8.59. The number of benzene rings is 1.